The van der Waals surface area contributed by atoms with Crippen molar-refractivity contribution in [2.75, 3.05) is 0 Å². The highest BCUT2D eigenvalue weighted by Gasteiger charge is 2.15. The van der Waals surface area contributed by atoms with E-state index in [2.05, 4.69) is 13.2 Å². The zero-order chi connectivity index (χ0) is 9.56. The van der Waals surface area contributed by atoms with Gasteiger partial charge < -0.3 is 10.0 Å². The Balaban J connectivity index is 4.85. The van der Waals surface area contributed by atoms with E-state index in [0.29, 0.717) is 11.0 Å². The molecule has 0 rings (SSSR count). The van der Waals surface area contributed by atoms with E-state index in [1.165, 1.54) is 6.08 Å². The van der Waals surface area contributed by atoms with Gasteiger partial charge in [-0.2, -0.15) is 0 Å². The SMILES string of the molecule is C=C/C=C(B(O)O)\C(C=C)=C/C. The number of hydrogen-bond donors (Lipinski definition) is 2. The molecule has 0 amide bonds. The van der Waals surface area contributed by atoms with Crippen LogP contribution in [0.2, 0.25) is 0 Å². The monoisotopic (exact) mass is 164 g/mol. The summed E-state index contributed by atoms with van der Waals surface area (Å²) in [5.41, 5.74) is 1.10. The van der Waals surface area contributed by atoms with E-state index in [4.69, 9.17) is 10.0 Å². The number of hydrogen-bond acceptors (Lipinski definition) is 2. The fourth-order valence-corrected chi connectivity index (χ4v) is 0.861. The first kappa shape index (κ1) is 10.9. The smallest absolute Gasteiger partial charge is 0.423 e. The first-order valence-corrected chi connectivity index (χ1v) is 3.65. The first-order chi connectivity index (χ1) is 5.67. The van der Waals surface area contributed by atoms with E-state index < -0.39 is 7.12 Å². The average molecular weight is 164 g/mol. The van der Waals surface area contributed by atoms with Gasteiger partial charge in [0.05, 0.1) is 0 Å². The summed E-state index contributed by atoms with van der Waals surface area (Å²) in [6, 6.07) is 0. The van der Waals surface area contributed by atoms with Crippen LogP contribution in [0.1, 0.15) is 6.92 Å². The Labute approximate surface area is 73.4 Å². The van der Waals surface area contributed by atoms with Gasteiger partial charge in [0, 0.05) is 0 Å². The largest absolute Gasteiger partial charge is 0.489 e. The van der Waals surface area contributed by atoms with E-state index >= 15 is 0 Å². The molecule has 0 aromatic heterocycles. The number of rotatable bonds is 4. The van der Waals surface area contributed by atoms with Crippen LogP contribution in [0.3, 0.4) is 0 Å². The average Bonchev–Trinajstić information content (AvgIpc) is 2.05. The lowest BCUT2D eigenvalue weighted by Gasteiger charge is -2.05. The van der Waals surface area contributed by atoms with Crippen LogP contribution in [0.4, 0.5) is 0 Å². The van der Waals surface area contributed by atoms with Crippen molar-refractivity contribution < 1.29 is 10.0 Å². The van der Waals surface area contributed by atoms with Crippen molar-refractivity contribution in [3.05, 3.63) is 48.5 Å². The van der Waals surface area contributed by atoms with Gasteiger partial charge >= 0.3 is 7.12 Å². The molecule has 0 aliphatic carbocycles. The molecule has 0 aromatic rings. The van der Waals surface area contributed by atoms with Crippen molar-refractivity contribution in [2.24, 2.45) is 0 Å². The topological polar surface area (TPSA) is 40.5 Å². The van der Waals surface area contributed by atoms with Crippen LogP contribution in [-0.4, -0.2) is 17.2 Å². The molecule has 0 heterocycles. The van der Waals surface area contributed by atoms with Gasteiger partial charge in [-0.25, -0.2) is 0 Å². The van der Waals surface area contributed by atoms with Crippen molar-refractivity contribution in [1.29, 1.82) is 0 Å². The number of allylic oxidation sites excluding steroid dienone is 6. The minimum atomic E-state index is -1.48. The minimum Gasteiger partial charge on any atom is -0.423 e. The van der Waals surface area contributed by atoms with Gasteiger partial charge in [0.1, 0.15) is 0 Å². The molecule has 0 aliphatic heterocycles. The van der Waals surface area contributed by atoms with Crippen molar-refractivity contribution in [3.63, 3.8) is 0 Å². The fraction of sp³-hybridized carbons (Fsp3) is 0.111. The Morgan fingerprint density at radius 1 is 1.33 bits per heavy atom. The van der Waals surface area contributed by atoms with Crippen molar-refractivity contribution in [1.82, 2.24) is 0 Å². The maximum atomic E-state index is 8.93. The third-order valence-corrected chi connectivity index (χ3v) is 1.44. The third-order valence-electron chi connectivity index (χ3n) is 1.44. The Kier molecular flexibility index (Phi) is 5.09. The van der Waals surface area contributed by atoms with Crippen LogP contribution in [-0.2, 0) is 0 Å². The quantitative estimate of drug-likeness (QED) is 0.484. The Morgan fingerprint density at radius 3 is 2.17 bits per heavy atom. The molecule has 64 valence electrons. The summed E-state index contributed by atoms with van der Waals surface area (Å²) in [6.07, 6.45) is 6.36. The van der Waals surface area contributed by atoms with Gasteiger partial charge in [-0.15, -0.1) is 0 Å². The lowest BCUT2D eigenvalue weighted by atomic mass is 9.74. The summed E-state index contributed by atoms with van der Waals surface area (Å²) in [4.78, 5) is 0. The fourth-order valence-electron chi connectivity index (χ4n) is 0.861. The van der Waals surface area contributed by atoms with Crippen molar-refractivity contribution in [3.8, 4) is 0 Å². The van der Waals surface area contributed by atoms with Crippen LogP contribution in [0, 0.1) is 0 Å². The summed E-state index contributed by atoms with van der Waals surface area (Å²) < 4.78 is 0. The van der Waals surface area contributed by atoms with E-state index in [9.17, 15) is 0 Å². The van der Waals surface area contributed by atoms with Gasteiger partial charge in [0.15, 0.2) is 0 Å². The Hall–Kier alpha value is -1.06. The predicted molar refractivity (Wildman–Crippen MR) is 52.4 cm³/mol. The third kappa shape index (κ3) is 2.90. The Morgan fingerprint density at radius 2 is 1.92 bits per heavy atom. The molecule has 0 saturated carbocycles. The van der Waals surface area contributed by atoms with Gasteiger partial charge in [0.25, 0.3) is 0 Å². The molecule has 3 heteroatoms. The summed E-state index contributed by atoms with van der Waals surface area (Å²) in [5.74, 6) is 0. The van der Waals surface area contributed by atoms with E-state index in [-0.39, 0.29) is 0 Å². The molecule has 0 spiro atoms. The molecule has 2 nitrogen and oxygen atoms in total. The van der Waals surface area contributed by atoms with Gasteiger partial charge in [-0.3, -0.25) is 0 Å². The molecule has 0 saturated heterocycles. The van der Waals surface area contributed by atoms with Gasteiger partial charge in [-0.05, 0) is 18.0 Å². The summed E-state index contributed by atoms with van der Waals surface area (Å²) >= 11 is 0. The van der Waals surface area contributed by atoms with Crippen LogP contribution in [0.25, 0.3) is 0 Å². The van der Waals surface area contributed by atoms with E-state index in [1.807, 2.05) is 0 Å². The maximum absolute atomic E-state index is 8.93. The van der Waals surface area contributed by atoms with E-state index in [0.717, 1.165) is 0 Å². The van der Waals surface area contributed by atoms with Crippen LogP contribution in [0.5, 0.6) is 0 Å². The highest BCUT2D eigenvalue weighted by atomic mass is 16.4. The molecule has 0 radical (unpaired) electrons. The second kappa shape index (κ2) is 5.58. The standard InChI is InChI=1S/C9H13BO2/c1-4-7-9(10(11)12)8(5-2)6-3/h4-7,11-12H,1-2H2,3H3/b8-6-,9-7+. The summed E-state index contributed by atoms with van der Waals surface area (Å²) in [7, 11) is -1.48. The molecule has 0 bridgehead atoms. The second-order valence-electron chi connectivity index (χ2n) is 2.18. The lowest BCUT2D eigenvalue weighted by Crippen LogP contribution is -2.16. The lowest BCUT2D eigenvalue weighted by molar-refractivity contribution is 0.420. The van der Waals surface area contributed by atoms with Crippen LogP contribution >= 0.6 is 0 Å². The normalized spacial score (nSPS) is 12.6. The van der Waals surface area contributed by atoms with Crippen molar-refractivity contribution >= 4 is 7.12 Å². The molecule has 0 aromatic carbocycles. The molecule has 12 heavy (non-hydrogen) atoms. The van der Waals surface area contributed by atoms with Crippen LogP contribution < -0.4 is 0 Å². The summed E-state index contributed by atoms with van der Waals surface area (Å²) in [6.45, 7) is 8.83. The molecule has 0 unspecified atom stereocenters. The minimum absolute atomic E-state index is 0.405. The predicted octanol–water partition coefficient (Wildman–Crippen LogP) is 1.24. The maximum Gasteiger partial charge on any atom is 0.489 e. The molecule has 2 N–H and O–H groups in total. The molecule has 0 atom stereocenters. The van der Waals surface area contributed by atoms with Gasteiger partial charge in [0.2, 0.25) is 0 Å². The van der Waals surface area contributed by atoms with Gasteiger partial charge in [-0.1, -0.05) is 37.5 Å². The van der Waals surface area contributed by atoms with Crippen LogP contribution in [0.15, 0.2) is 48.5 Å². The second-order valence-corrected chi connectivity index (χ2v) is 2.18. The highest BCUT2D eigenvalue weighted by Crippen LogP contribution is 2.11. The molecule has 0 aliphatic rings. The highest BCUT2D eigenvalue weighted by molar-refractivity contribution is 6.52. The van der Waals surface area contributed by atoms with Crippen molar-refractivity contribution in [2.45, 2.75) is 6.92 Å². The zero-order valence-corrected chi connectivity index (χ0v) is 7.20. The molecular weight excluding hydrogens is 151 g/mol. The summed E-state index contributed by atoms with van der Waals surface area (Å²) in [5, 5.41) is 17.9. The zero-order valence-electron chi connectivity index (χ0n) is 7.20. The van der Waals surface area contributed by atoms with E-state index in [1.54, 1.807) is 25.2 Å². The molecule has 0 fully saturated rings. The Bertz CT molecular complexity index is 227. The molecular formula is C9H13BO2. The first-order valence-electron chi connectivity index (χ1n) is 3.65.